The number of aromatic amines is 1. The molecule has 0 unspecified atom stereocenters. The van der Waals surface area contributed by atoms with Crippen molar-refractivity contribution >= 4 is 26.8 Å². The molecule has 0 saturated heterocycles. The number of fused-ring (bicyclic) bond motifs is 1. The number of aliphatic hydroxyl groups excluding tert-OH is 1. The molecule has 0 spiro atoms. The van der Waals surface area contributed by atoms with Crippen molar-refractivity contribution in [2.75, 3.05) is 0 Å². The van der Waals surface area contributed by atoms with Gasteiger partial charge in [-0.3, -0.25) is 0 Å². The lowest BCUT2D eigenvalue weighted by Crippen LogP contribution is -1.90. The molecule has 1 heterocycles. The Bertz CT molecular complexity index is 433. The average molecular weight is 240 g/mol. The first-order valence-electron chi connectivity index (χ1n) is 4.14. The monoisotopic (exact) mass is 239 g/mol. The predicted octanol–water partition coefficient (Wildman–Crippen LogP) is 2.98. The Morgan fingerprint density at radius 1 is 1.38 bits per heavy atom. The van der Waals surface area contributed by atoms with Crippen molar-refractivity contribution in [3.05, 3.63) is 34.4 Å². The van der Waals surface area contributed by atoms with E-state index >= 15 is 0 Å². The van der Waals surface area contributed by atoms with Gasteiger partial charge in [-0.2, -0.15) is 0 Å². The van der Waals surface area contributed by atoms with Crippen LogP contribution >= 0.6 is 15.9 Å². The highest BCUT2D eigenvalue weighted by molar-refractivity contribution is 9.10. The summed E-state index contributed by atoms with van der Waals surface area (Å²) in [5.74, 6) is 0. The number of hydrogen-bond donors (Lipinski definition) is 2. The minimum absolute atomic E-state index is 0.471. The lowest BCUT2D eigenvalue weighted by Gasteiger charge is -2.00. The number of rotatable bonds is 1. The third kappa shape index (κ3) is 1.38. The lowest BCUT2D eigenvalue weighted by molar-refractivity contribution is 0.194. The maximum Gasteiger partial charge on any atom is 0.0921 e. The fourth-order valence-corrected chi connectivity index (χ4v) is 2.19. The van der Waals surface area contributed by atoms with Gasteiger partial charge in [0.25, 0.3) is 0 Å². The molecule has 1 aromatic heterocycles. The molecule has 0 bridgehead atoms. The Morgan fingerprint density at radius 3 is 2.69 bits per heavy atom. The van der Waals surface area contributed by atoms with Gasteiger partial charge in [0, 0.05) is 15.4 Å². The van der Waals surface area contributed by atoms with Crippen molar-refractivity contribution < 1.29 is 5.11 Å². The molecule has 0 radical (unpaired) electrons. The zero-order valence-electron chi connectivity index (χ0n) is 7.21. The van der Waals surface area contributed by atoms with Crippen molar-refractivity contribution in [2.24, 2.45) is 0 Å². The Labute approximate surface area is 84.7 Å². The number of nitrogens with one attached hydrogen (secondary N) is 1. The van der Waals surface area contributed by atoms with Gasteiger partial charge in [0.15, 0.2) is 0 Å². The summed E-state index contributed by atoms with van der Waals surface area (Å²) >= 11 is 3.46. The number of aliphatic hydroxyl groups is 1. The van der Waals surface area contributed by atoms with E-state index in [1.165, 1.54) is 0 Å². The first kappa shape index (κ1) is 8.78. The molecule has 1 aromatic carbocycles. The van der Waals surface area contributed by atoms with E-state index in [0.717, 1.165) is 21.1 Å². The highest BCUT2D eigenvalue weighted by Crippen LogP contribution is 2.30. The molecular formula is C10H10BrNO. The van der Waals surface area contributed by atoms with E-state index in [1.54, 1.807) is 6.92 Å². The van der Waals surface area contributed by atoms with Crippen molar-refractivity contribution in [1.82, 2.24) is 4.98 Å². The van der Waals surface area contributed by atoms with Gasteiger partial charge in [0.2, 0.25) is 0 Å². The normalized spacial score (nSPS) is 13.5. The quantitative estimate of drug-likeness (QED) is 0.789. The van der Waals surface area contributed by atoms with E-state index in [0.29, 0.717) is 0 Å². The second-order valence-corrected chi connectivity index (χ2v) is 3.87. The fraction of sp³-hybridized carbons (Fsp3) is 0.200. The highest BCUT2D eigenvalue weighted by atomic mass is 79.9. The Morgan fingerprint density at radius 2 is 2.08 bits per heavy atom. The van der Waals surface area contributed by atoms with Crippen LogP contribution in [0.4, 0.5) is 0 Å². The summed E-state index contributed by atoms with van der Waals surface area (Å²) in [6.07, 6.45) is -0.471. The molecule has 0 amide bonds. The van der Waals surface area contributed by atoms with E-state index in [9.17, 15) is 5.11 Å². The number of benzene rings is 1. The molecule has 0 fully saturated rings. The number of halogens is 1. The maximum absolute atomic E-state index is 9.44. The van der Waals surface area contributed by atoms with E-state index in [-0.39, 0.29) is 0 Å². The molecule has 0 aliphatic heterocycles. The van der Waals surface area contributed by atoms with Crippen LogP contribution in [-0.4, -0.2) is 10.1 Å². The van der Waals surface area contributed by atoms with Crippen LogP contribution in [0.1, 0.15) is 18.7 Å². The van der Waals surface area contributed by atoms with Crippen LogP contribution in [0.15, 0.2) is 28.7 Å². The van der Waals surface area contributed by atoms with Gasteiger partial charge in [-0.1, -0.05) is 18.2 Å². The molecule has 13 heavy (non-hydrogen) atoms. The van der Waals surface area contributed by atoms with Gasteiger partial charge >= 0.3 is 0 Å². The second-order valence-electron chi connectivity index (χ2n) is 3.07. The fourth-order valence-electron chi connectivity index (χ4n) is 1.42. The minimum Gasteiger partial charge on any atom is -0.387 e. The summed E-state index contributed by atoms with van der Waals surface area (Å²) in [6.45, 7) is 1.75. The summed E-state index contributed by atoms with van der Waals surface area (Å²) < 4.78 is 0.957. The summed E-state index contributed by atoms with van der Waals surface area (Å²) in [7, 11) is 0. The van der Waals surface area contributed by atoms with Crippen LogP contribution in [0.5, 0.6) is 0 Å². The number of hydrogen-bond acceptors (Lipinski definition) is 1. The van der Waals surface area contributed by atoms with Crippen molar-refractivity contribution in [1.29, 1.82) is 0 Å². The third-order valence-electron chi connectivity index (χ3n) is 2.09. The standard InChI is InChI=1S/C10H10BrNO/c1-6(13)10-9(11)7-4-2-3-5-8(7)12-10/h2-6,12-13H,1H3/t6-/m0/s1. The van der Waals surface area contributed by atoms with Crippen LogP contribution in [0.25, 0.3) is 10.9 Å². The Hall–Kier alpha value is -0.800. The summed E-state index contributed by atoms with van der Waals surface area (Å²) in [4.78, 5) is 3.17. The Balaban J connectivity index is 2.74. The predicted molar refractivity (Wildman–Crippen MR) is 56.6 cm³/mol. The minimum atomic E-state index is -0.471. The molecule has 2 N–H and O–H groups in total. The second kappa shape index (κ2) is 3.16. The molecule has 1 atom stereocenters. The van der Waals surface area contributed by atoms with Crippen molar-refractivity contribution in [2.45, 2.75) is 13.0 Å². The molecule has 3 heteroatoms. The summed E-state index contributed by atoms with van der Waals surface area (Å²) in [5, 5.41) is 10.6. The topological polar surface area (TPSA) is 36.0 Å². The van der Waals surface area contributed by atoms with E-state index in [4.69, 9.17) is 0 Å². The van der Waals surface area contributed by atoms with Crippen LogP contribution in [0, 0.1) is 0 Å². The number of aromatic nitrogens is 1. The Kier molecular flexibility index (Phi) is 2.14. The zero-order valence-corrected chi connectivity index (χ0v) is 8.80. The molecule has 2 rings (SSSR count). The van der Waals surface area contributed by atoms with Gasteiger partial charge in [-0.15, -0.1) is 0 Å². The van der Waals surface area contributed by atoms with E-state index < -0.39 is 6.10 Å². The van der Waals surface area contributed by atoms with Crippen LogP contribution in [0.2, 0.25) is 0 Å². The van der Waals surface area contributed by atoms with Gasteiger partial charge in [0.05, 0.1) is 11.8 Å². The smallest absolute Gasteiger partial charge is 0.0921 e. The number of para-hydroxylation sites is 1. The van der Waals surface area contributed by atoms with E-state index in [1.807, 2.05) is 24.3 Å². The van der Waals surface area contributed by atoms with Gasteiger partial charge in [-0.25, -0.2) is 0 Å². The zero-order chi connectivity index (χ0) is 9.42. The van der Waals surface area contributed by atoms with Crippen LogP contribution in [0.3, 0.4) is 0 Å². The lowest BCUT2D eigenvalue weighted by atomic mass is 10.2. The third-order valence-corrected chi connectivity index (χ3v) is 2.94. The molecule has 0 aliphatic carbocycles. The average Bonchev–Trinajstić information content (AvgIpc) is 2.45. The van der Waals surface area contributed by atoms with Crippen molar-refractivity contribution in [3.63, 3.8) is 0 Å². The SMILES string of the molecule is C[C@H](O)c1[nH]c2ccccc2c1Br. The molecule has 0 aliphatic rings. The molecule has 2 aromatic rings. The van der Waals surface area contributed by atoms with Gasteiger partial charge in [-0.05, 0) is 28.9 Å². The molecule has 2 nitrogen and oxygen atoms in total. The number of H-pyrrole nitrogens is 1. The van der Waals surface area contributed by atoms with Crippen LogP contribution < -0.4 is 0 Å². The summed E-state index contributed by atoms with van der Waals surface area (Å²) in [5.41, 5.74) is 1.88. The highest BCUT2D eigenvalue weighted by Gasteiger charge is 2.11. The summed E-state index contributed by atoms with van der Waals surface area (Å²) in [6, 6.07) is 7.96. The van der Waals surface area contributed by atoms with Gasteiger partial charge in [0.1, 0.15) is 0 Å². The first-order valence-corrected chi connectivity index (χ1v) is 4.93. The van der Waals surface area contributed by atoms with E-state index in [2.05, 4.69) is 20.9 Å². The molecule has 68 valence electrons. The molecular weight excluding hydrogens is 230 g/mol. The maximum atomic E-state index is 9.44. The largest absolute Gasteiger partial charge is 0.387 e. The molecule has 0 saturated carbocycles. The van der Waals surface area contributed by atoms with Gasteiger partial charge < -0.3 is 10.1 Å². The first-order chi connectivity index (χ1) is 6.20. The van der Waals surface area contributed by atoms with Crippen LogP contribution in [-0.2, 0) is 0 Å². The van der Waals surface area contributed by atoms with Crippen molar-refractivity contribution in [3.8, 4) is 0 Å².